The lowest BCUT2D eigenvalue weighted by Crippen LogP contribution is -2.45. The van der Waals surface area contributed by atoms with Crippen LogP contribution in [0.2, 0.25) is 0 Å². The van der Waals surface area contributed by atoms with Gasteiger partial charge in [-0.05, 0) is 46.8 Å². The number of carbonyl (C=O) groups is 1. The predicted molar refractivity (Wildman–Crippen MR) is 64.4 cm³/mol. The number of hydrogen-bond donors (Lipinski definition) is 0. The van der Waals surface area contributed by atoms with Crippen LogP contribution in [0.5, 0.6) is 0 Å². The zero-order valence-electron chi connectivity index (χ0n) is 10.9. The number of rotatable bonds is 4. The molecule has 1 aliphatic rings. The maximum absolute atomic E-state index is 11.8. The summed E-state index contributed by atoms with van der Waals surface area (Å²) in [6.07, 6.45) is 2.26. The Morgan fingerprint density at radius 1 is 1.44 bits per heavy atom. The second kappa shape index (κ2) is 6.21. The third kappa shape index (κ3) is 4.10. The second-order valence-corrected chi connectivity index (χ2v) is 4.90. The summed E-state index contributed by atoms with van der Waals surface area (Å²) < 4.78 is 5.34. The summed E-state index contributed by atoms with van der Waals surface area (Å²) in [5, 5.41) is 0. The lowest BCUT2D eigenvalue weighted by atomic mass is 10.0. The van der Waals surface area contributed by atoms with Crippen molar-refractivity contribution in [1.29, 1.82) is 0 Å². The van der Waals surface area contributed by atoms with Crippen molar-refractivity contribution in [3.05, 3.63) is 0 Å². The smallest absolute Gasteiger partial charge is 0.248 e. The predicted octanol–water partition coefficient (Wildman–Crippen LogP) is 0.964. The first-order chi connectivity index (χ1) is 7.50. The van der Waals surface area contributed by atoms with Crippen molar-refractivity contribution in [2.45, 2.75) is 38.8 Å². The Balaban J connectivity index is 2.32. The number of carbonyl (C=O) groups excluding carboxylic acids is 1. The van der Waals surface area contributed by atoms with E-state index in [1.54, 1.807) is 0 Å². The molecule has 1 aliphatic heterocycles. The quantitative estimate of drug-likeness (QED) is 0.718. The van der Waals surface area contributed by atoms with Crippen LogP contribution in [0.15, 0.2) is 0 Å². The highest BCUT2D eigenvalue weighted by Crippen LogP contribution is 2.14. The summed E-state index contributed by atoms with van der Waals surface area (Å²) in [5.41, 5.74) is 0. The van der Waals surface area contributed by atoms with Crippen LogP contribution in [0.1, 0.15) is 26.7 Å². The van der Waals surface area contributed by atoms with Gasteiger partial charge in [-0.1, -0.05) is 0 Å². The van der Waals surface area contributed by atoms with Gasteiger partial charge in [-0.25, -0.2) is 0 Å². The lowest BCUT2D eigenvalue weighted by molar-refractivity contribution is -0.139. The van der Waals surface area contributed by atoms with Gasteiger partial charge in [0.1, 0.15) is 6.61 Å². The summed E-state index contributed by atoms with van der Waals surface area (Å²) >= 11 is 0. The van der Waals surface area contributed by atoms with Crippen molar-refractivity contribution in [3.63, 3.8) is 0 Å². The Bertz CT molecular complexity index is 223. The number of hydrogen-bond acceptors (Lipinski definition) is 3. The highest BCUT2D eigenvalue weighted by Gasteiger charge is 2.23. The second-order valence-electron chi connectivity index (χ2n) is 4.90. The van der Waals surface area contributed by atoms with E-state index in [-0.39, 0.29) is 18.6 Å². The zero-order chi connectivity index (χ0) is 12.1. The van der Waals surface area contributed by atoms with Crippen LogP contribution < -0.4 is 0 Å². The van der Waals surface area contributed by atoms with Gasteiger partial charge >= 0.3 is 0 Å². The van der Waals surface area contributed by atoms with Gasteiger partial charge in [0.05, 0.1) is 6.10 Å². The molecule has 1 amide bonds. The number of amides is 1. The molecule has 0 aromatic rings. The Hall–Kier alpha value is -0.610. The van der Waals surface area contributed by atoms with Crippen LogP contribution in [0, 0.1) is 0 Å². The molecule has 0 bridgehead atoms. The van der Waals surface area contributed by atoms with Crippen LogP contribution in [-0.2, 0) is 9.53 Å². The van der Waals surface area contributed by atoms with Crippen LogP contribution >= 0.6 is 0 Å². The van der Waals surface area contributed by atoms with Crippen molar-refractivity contribution in [1.82, 2.24) is 9.80 Å². The minimum absolute atomic E-state index is 0.100. The van der Waals surface area contributed by atoms with E-state index in [2.05, 4.69) is 11.9 Å². The molecule has 94 valence electrons. The molecule has 1 rings (SSSR count). The van der Waals surface area contributed by atoms with E-state index in [4.69, 9.17) is 4.74 Å². The van der Waals surface area contributed by atoms with Crippen LogP contribution in [0.25, 0.3) is 0 Å². The first-order valence-corrected chi connectivity index (χ1v) is 6.06. The minimum atomic E-state index is 0.100. The number of likely N-dealkylation sites (tertiary alicyclic amines) is 1. The van der Waals surface area contributed by atoms with Gasteiger partial charge in [0.25, 0.3) is 0 Å². The molecule has 4 nitrogen and oxygen atoms in total. The Labute approximate surface area is 98.5 Å². The van der Waals surface area contributed by atoms with Crippen molar-refractivity contribution in [2.75, 3.05) is 33.8 Å². The van der Waals surface area contributed by atoms with Crippen molar-refractivity contribution >= 4 is 5.91 Å². The molecule has 1 saturated heterocycles. The molecule has 0 aromatic carbocycles. The maximum Gasteiger partial charge on any atom is 0.248 e. The van der Waals surface area contributed by atoms with Crippen LogP contribution in [-0.4, -0.2) is 61.6 Å². The highest BCUT2D eigenvalue weighted by atomic mass is 16.5. The van der Waals surface area contributed by atoms with Crippen molar-refractivity contribution in [3.8, 4) is 0 Å². The molecule has 4 heteroatoms. The third-order valence-electron chi connectivity index (χ3n) is 3.17. The average Bonchev–Trinajstić information content (AvgIpc) is 2.26. The molecule has 0 unspecified atom stereocenters. The fourth-order valence-corrected chi connectivity index (χ4v) is 1.93. The average molecular weight is 228 g/mol. The topological polar surface area (TPSA) is 32.8 Å². The molecule has 0 aromatic heterocycles. The minimum Gasteiger partial charge on any atom is -0.369 e. The summed E-state index contributed by atoms with van der Waals surface area (Å²) in [4.78, 5) is 16.0. The molecule has 16 heavy (non-hydrogen) atoms. The molecule has 1 fully saturated rings. The summed E-state index contributed by atoms with van der Waals surface area (Å²) in [5.74, 6) is 0.100. The monoisotopic (exact) mass is 228 g/mol. The third-order valence-corrected chi connectivity index (χ3v) is 3.17. The van der Waals surface area contributed by atoms with Gasteiger partial charge in [0.2, 0.25) is 5.91 Å². The normalized spacial score (nSPS) is 19.1. The molecule has 0 saturated carbocycles. The molecular weight excluding hydrogens is 204 g/mol. The summed E-state index contributed by atoms with van der Waals surface area (Å²) in [6, 6.07) is 0.388. The fraction of sp³-hybridized carbons (Fsp3) is 0.917. The largest absolute Gasteiger partial charge is 0.369 e. The summed E-state index contributed by atoms with van der Waals surface area (Å²) in [7, 11) is 4.02. The first-order valence-electron chi connectivity index (χ1n) is 6.06. The lowest BCUT2D eigenvalue weighted by Gasteiger charge is -2.35. The standard InChI is InChI=1S/C12H24N2O2/c1-10(2)16-9-12(15)14(4)11-5-7-13(3)8-6-11/h10-11H,5-9H2,1-4H3. The molecule has 0 radical (unpaired) electrons. The Kier molecular flexibility index (Phi) is 5.22. The van der Waals surface area contributed by atoms with E-state index in [1.165, 1.54) is 0 Å². The number of likely N-dealkylation sites (N-methyl/N-ethyl adjacent to an activating group) is 1. The molecular formula is C12H24N2O2. The number of nitrogens with zero attached hydrogens (tertiary/aromatic N) is 2. The first kappa shape index (κ1) is 13.5. The Morgan fingerprint density at radius 2 is 2.00 bits per heavy atom. The molecule has 1 heterocycles. The van der Waals surface area contributed by atoms with Gasteiger partial charge in [-0.3, -0.25) is 4.79 Å². The SMILES string of the molecule is CC(C)OCC(=O)N(C)C1CCN(C)CC1. The van der Waals surface area contributed by atoms with E-state index in [9.17, 15) is 4.79 Å². The van der Waals surface area contributed by atoms with E-state index >= 15 is 0 Å². The van der Waals surface area contributed by atoms with E-state index in [0.717, 1.165) is 25.9 Å². The molecule has 0 N–H and O–H groups in total. The highest BCUT2D eigenvalue weighted by molar-refractivity contribution is 5.77. The van der Waals surface area contributed by atoms with Gasteiger partial charge in [-0.2, -0.15) is 0 Å². The molecule has 0 atom stereocenters. The maximum atomic E-state index is 11.8. The van der Waals surface area contributed by atoms with Crippen molar-refractivity contribution in [2.24, 2.45) is 0 Å². The fourth-order valence-electron chi connectivity index (χ4n) is 1.93. The van der Waals surface area contributed by atoms with Gasteiger partial charge < -0.3 is 14.5 Å². The van der Waals surface area contributed by atoms with Crippen LogP contribution in [0.3, 0.4) is 0 Å². The van der Waals surface area contributed by atoms with E-state index < -0.39 is 0 Å². The van der Waals surface area contributed by atoms with Gasteiger partial charge in [0, 0.05) is 13.1 Å². The Morgan fingerprint density at radius 3 is 2.50 bits per heavy atom. The zero-order valence-corrected chi connectivity index (χ0v) is 10.9. The van der Waals surface area contributed by atoms with Gasteiger partial charge in [-0.15, -0.1) is 0 Å². The van der Waals surface area contributed by atoms with Crippen molar-refractivity contribution < 1.29 is 9.53 Å². The number of ether oxygens (including phenoxy) is 1. The summed E-state index contributed by atoms with van der Waals surface area (Å²) in [6.45, 7) is 6.26. The van der Waals surface area contributed by atoms with E-state index in [1.807, 2.05) is 25.8 Å². The van der Waals surface area contributed by atoms with Crippen LogP contribution in [0.4, 0.5) is 0 Å². The number of piperidine rings is 1. The molecule has 0 spiro atoms. The molecule has 0 aliphatic carbocycles. The van der Waals surface area contributed by atoms with E-state index in [0.29, 0.717) is 6.04 Å². The van der Waals surface area contributed by atoms with Gasteiger partial charge in [0.15, 0.2) is 0 Å².